The quantitative estimate of drug-likeness (QED) is 0.689. The average Bonchev–Trinajstić information content (AvgIpc) is 3.17. The lowest BCUT2D eigenvalue weighted by Gasteiger charge is -2.23. The van der Waals surface area contributed by atoms with Crippen LogP contribution in [0, 0.1) is 0 Å². The molecule has 2 amide bonds. The number of urea groups is 1. The summed E-state index contributed by atoms with van der Waals surface area (Å²) in [7, 11) is 0. The summed E-state index contributed by atoms with van der Waals surface area (Å²) in [6.07, 6.45) is 6.41. The van der Waals surface area contributed by atoms with E-state index in [9.17, 15) is 4.79 Å². The summed E-state index contributed by atoms with van der Waals surface area (Å²) in [4.78, 5) is 18.5. The van der Waals surface area contributed by atoms with Crippen LogP contribution < -0.4 is 5.32 Å². The first-order chi connectivity index (χ1) is 12.7. The summed E-state index contributed by atoms with van der Waals surface area (Å²) in [6.45, 7) is 4.18. The van der Waals surface area contributed by atoms with E-state index in [1.54, 1.807) is 12.5 Å². The fourth-order valence-electron chi connectivity index (χ4n) is 2.81. The zero-order valence-electron chi connectivity index (χ0n) is 15.0. The molecular weight excluding hydrogens is 324 g/mol. The molecule has 0 fully saturated rings. The first-order valence-electron chi connectivity index (χ1n) is 8.89. The van der Waals surface area contributed by atoms with Crippen molar-refractivity contribution in [3.63, 3.8) is 0 Å². The molecule has 3 rings (SSSR count). The molecule has 1 heterocycles. The molecule has 0 aliphatic rings. The zero-order chi connectivity index (χ0) is 18.2. The number of imidazole rings is 1. The second kappa shape index (κ2) is 8.85. The normalized spacial score (nSPS) is 10.5. The van der Waals surface area contributed by atoms with Crippen LogP contribution in [-0.4, -0.2) is 27.0 Å². The number of benzene rings is 2. The number of hydrogen-bond acceptors (Lipinski definition) is 2. The van der Waals surface area contributed by atoms with Crippen molar-refractivity contribution in [2.24, 2.45) is 0 Å². The van der Waals surface area contributed by atoms with Crippen molar-refractivity contribution in [3.8, 4) is 0 Å². The summed E-state index contributed by atoms with van der Waals surface area (Å²) in [5.74, 6) is 0. The molecule has 0 bridgehead atoms. The van der Waals surface area contributed by atoms with Crippen LogP contribution in [0.3, 0.4) is 0 Å². The minimum atomic E-state index is -0.0712. The van der Waals surface area contributed by atoms with Crippen molar-refractivity contribution in [3.05, 3.63) is 84.4 Å². The highest BCUT2D eigenvalue weighted by Gasteiger charge is 2.13. The van der Waals surface area contributed by atoms with E-state index in [1.165, 1.54) is 0 Å². The fraction of sp³-hybridized carbons (Fsp3) is 0.238. The van der Waals surface area contributed by atoms with Crippen molar-refractivity contribution in [1.82, 2.24) is 14.5 Å². The molecule has 134 valence electrons. The number of nitrogens with zero attached hydrogens (tertiary/aromatic N) is 3. The Morgan fingerprint density at radius 3 is 2.50 bits per heavy atom. The largest absolute Gasteiger partial charge is 0.333 e. The molecule has 1 aromatic heterocycles. The van der Waals surface area contributed by atoms with Gasteiger partial charge in [0.25, 0.3) is 0 Å². The van der Waals surface area contributed by atoms with Crippen LogP contribution in [0.1, 0.15) is 24.5 Å². The molecule has 26 heavy (non-hydrogen) atoms. The number of anilines is 1. The van der Waals surface area contributed by atoms with Crippen molar-refractivity contribution >= 4 is 11.7 Å². The third-order valence-corrected chi connectivity index (χ3v) is 4.13. The fourth-order valence-corrected chi connectivity index (χ4v) is 2.81. The Labute approximate surface area is 154 Å². The minimum Gasteiger partial charge on any atom is -0.333 e. The molecule has 0 aliphatic carbocycles. The van der Waals surface area contributed by atoms with Gasteiger partial charge in [0.1, 0.15) is 0 Å². The van der Waals surface area contributed by atoms with Gasteiger partial charge in [-0.3, -0.25) is 0 Å². The van der Waals surface area contributed by atoms with Gasteiger partial charge in [-0.2, -0.15) is 0 Å². The molecule has 0 aliphatic heterocycles. The molecule has 0 saturated carbocycles. The van der Waals surface area contributed by atoms with Crippen molar-refractivity contribution in [1.29, 1.82) is 0 Å². The lowest BCUT2D eigenvalue weighted by Crippen LogP contribution is -2.35. The van der Waals surface area contributed by atoms with E-state index < -0.39 is 0 Å². The molecule has 0 saturated heterocycles. The van der Waals surface area contributed by atoms with Gasteiger partial charge in [0.05, 0.1) is 6.33 Å². The SMILES string of the molecule is CCCN(Cc1ccccc1)C(=O)Nc1ccc(Cn2ccnc2)cc1. The smallest absolute Gasteiger partial charge is 0.322 e. The molecule has 5 nitrogen and oxygen atoms in total. The predicted molar refractivity (Wildman–Crippen MR) is 104 cm³/mol. The Hall–Kier alpha value is -3.08. The first kappa shape index (κ1) is 17.7. The summed E-state index contributed by atoms with van der Waals surface area (Å²) < 4.78 is 2.01. The van der Waals surface area contributed by atoms with Crippen LogP contribution in [0.25, 0.3) is 0 Å². The van der Waals surface area contributed by atoms with Gasteiger partial charge in [0, 0.05) is 37.7 Å². The van der Waals surface area contributed by atoms with Gasteiger partial charge in [-0.25, -0.2) is 9.78 Å². The molecule has 0 spiro atoms. The predicted octanol–water partition coefficient (Wildman–Crippen LogP) is 4.38. The van der Waals surface area contributed by atoms with Crippen LogP contribution in [0.2, 0.25) is 0 Å². The summed E-state index contributed by atoms with van der Waals surface area (Å²) in [5.41, 5.74) is 3.10. The monoisotopic (exact) mass is 348 g/mol. The minimum absolute atomic E-state index is 0.0712. The second-order valence-corrected chi connectivity index (χ2v) is 6.27. The number of aromatic nitrogens is 2. The Morgan fingerprint density at radius 2 is 1.85 bits per heavy atom. The van der Waals surface area contributed by atoms with E-state index in [2.05, 4.69) is 17.2 Å². The van der Waals surface area contributed by atoms with Crippen LogP contribution in [0.4, 0.5) is 10.5 Å². The van der Waals surface area contributed by atoms with Gasteiger partial charge in [0.2, 0.25) is 0 Å². The summed E-state index contributed by atoms with van der Waals surface area (Å²) >= 11 is 0. The van der Waals surface area contributed by atoms with Gasteiger partial charge in [-0.1, -0.05) is 49.4 Å². The van der Waals surface area contributed by atoms with Crippen LogP contribution >= 0.6 is 0 Å². The van der Waals surface area contributed by atoms with Crippen molar-refractivity contribution in [2.45, 2.75) is 26.4 Å². The van der Waals surface area contributed by atoms with E-state index in [4.69, 9.17) is 0 Å². The van der Waals surface area contributed by atoms with Gasteiger partial charge >= 0.3 is 6.03 Å². The molecule has 0 atom stereocenters. The van der Waals surface area contributed by atoms with Crippen LogP contribution in [0.15, 0.2) is 73.3 Å². The maximum Gasteiger partial charge on any atom is 0.322 e. The maximum absolute atomic E-state index is 12.7. The van der Waals surface area contributed by atoms with E-state index in [-0.39, 0.29) is 6.03 Å². The Morgan fingerprint density at radius 1 is 1.08 bits per heavy atom. The standard InChI is InChI=1S/C21H24N4O/c1-2-13-25(16-18-6-4-3-5-7-18)21(26)23-20-10-8-19(9-11-20)15-24-14-12-22-17-24/h3-12,14,17H,2,13,15-16H2,1H3,(H,23,26). The second-order valence-electron chi connectivity index (χ2n) is 6.27. The number of carbonyl (C=O) groups excluding carboxylic acids is 1. The number of hydrogen-bond donors (Lipinski definition) is 1. The number of nitrogens with one attached hydrogen (secondary N) is 1. The number of carbonyl (C=O) groups is 1. The van der Waals surface area contributed by atoms with E-state index in [0.29, 0.717) is 6.54 Å². The molecule has 3 aromatic rings. The lowest BCUT2D eigenvalue weighted by molar-refractivity contribution is 0.209. The topological polar surface area (TPSA) is 50.2 Å². The highest BCUT2D eigenvalue weighted by Crippen LogP contribution is 2.13. The third-order valence-electron chi connectivity index (χ3n) is 4.13. The molecule has 0 radical (unpaired) electrons. The highest BCUT2D eigenvalue weighted by molar-refractivity contribution is 5.89. The molecular formula is C21H24N4O. The average molecular weight is 348 g/mol. The third kappa shape index (κ3) is 4.96. The molecule has 1 N–H and O–H groups in total. The van der Waals surface area contributed by atoms with Gasteiger partial charge in [-0.05, 0) is 29.7 Å². The van der Waals surface area contributed by atoms with Crippen molar-refractivity contribution in [2.75, 3.05) is 11.9 Å². The lowest BCUT2D eigenvalue weighted by atomic mass is 10.2. The van der Waals surface area contributed by atoms with Gasteiger partial charge in [-0.15, -0.1) is 0 Å². The Bertz CT molecular complexity index is 798. The molecule has 2 aromatic carbocycles. The zero-order valence-corrected chi connectivity index (χ0v) is 15.0. The molecule has 5 heteroatoms. The van der Waals surface area contributed by atoms with Crippen molar-refractivity contribution < 1.29 is 4.79 Å². The number of amides is 2. The highest BCUT2D eigenvalue weighted by atomic mass is 16.2. The van der Waals surface area contributed by atoms with Crippen LogP contribution in [-0.2, 0) is 13.1 Å². The summed E-state index contributed by atoms with van der Waals surface area (Å²) in [6, 6.07) is 17.9. The Balaban J connectivity index is 1.61. The van der Waals surface area contributed by atoms with Gasteiger partial charge in [0.15, 0.2) is 0 Å². The van der Waals surface area contributed by atoms with Crippen LogP contribution in [0.5, 0.6) is 0 Å². The molecule has 0 unspecified atom stereocenters. The number of rotatable bonds is 7. The Kier molecular flexibility index (Phi) is 6.04. The van der Waals surface area contributed by atoms with E-state index >= 15 is 0 Å². The maximum atomic E-state index is 12.7. The van der Waals surface area contributed by atoms with E-state index in [0.717, 1.165) is 36.3 Å². The van der Waals surface area contributed by atoms with E-state index in [1.807, 2.05) is 70.3 Å². The first-order valence-corrected chi connectivity index (χ1v) is 8.89. The van der Waals surface area contributed by atoms with Gasteiger partial charge < -0.3 is 14.8 Å². The summed E-state index contributed by atoms with van der Waals surface area (Å²) in [5, 5.41) is 3.00.